The van der Waals surface area contributed by atoms with Crippen LogP contribution in [0.15, 0.2) is 67.1 Å². The molecule has 1 aliphatic heterocycles. The molecule has 0 saturated carbocycles. The molecular weight excluding hydrogens is 426 g/mol. The molecule has 172 valence electrons. The number of aliphatic hydroxyl groups excluding tert-OH is 1. The molecular formula is C27H27N5O2. The number of hydrogen-bond donors (Lipinski definition) is 2. The van der Waals surface area contributed by atoms with E-state index in [1.807, 2.05) is 16.8 Å². The van der Waals surface area contributed by atoms with Crippen molar-refractivity contribution in [3.8, 4) is 11.3 Å². The highest BCUT2D eigenvalue weighted by atomic mass is 16.5. The number of nitrogens with one attached hydrogen (secondary N) is 1. The van der Waals surface area contributed by atoms with Crippen molar-refractivity contribution in [2.24, 2.45) is 0 Å². The highest BCUT2D eigenvalue weighted by Gasteiger charge is 2.16. The zero-order valence-corrected chi connectivity index (χ0v) is 18.9. The normalized spacial score (nSPS) is 15.4. The summed E-state index contributed by atoms with van der Waals surface area (Å²) < 4.78 is 7.47. The van der Waals surface area contributed by atoms with Crippen molar-refractivity contribution in [2.75, 3.05) is 43.1 Å². The Kier molecular flexibility index (Phi) is 5.49. The summed E-state index contributed by atoms with van der Waals surface area (Å²) in [7, 11) is 0. The Labute approximate surface area is 198 Å². The number of hydrogen-bond acceptors (Lipinski definition) is 6. The third-order valence-electron chi connectivity index (χ3n) is 6.58. The van der Waals surface area contributed by atoms with Crippen LogP contribution in [0.4, 0.5) is 17.2 Å². The standard InChI is InChI=1S/C27H27N5O2/c33-14-9-19-1-2-20-17-21(3-8-24(19)20)25-18-32-11-10-28-27(32)26(30-25)29-22-4-6-23(7-5-22)31-12-15-34-16-13-31/h1,3-8,10-11,17-18,33H,2,9,12-16H2,(H,29,30). The molecule has 1 saturated heterocycles. The van der Waals surface area contributed by atoms with Gasteiger partial charge in [-0.05, 0) is 59.9 Å². The van der Waals surface area contributed by atoms with E-state index in [0.29, 0.717) is 6.42 Å². The summed E-state index contributed by atoms with van der Waals surface area (Å²) in [5.41, 5.74) is 8.66. The topological polar surface area (TPSA) is 74.9 Å². The van der Waals surface area contributed by atoms with Crippen LogP contribution < -0.4 is 10.2 Å². The second-order valence-electron chi connectivity index (χ2n) is 8.68. The van der Waals surface area contributed by atoms with Crippen LogP contribution in [-0.4, -0.2) is 52.4 Å². The van der Waals surface area contributed by atoms with Crippen molar-refractivity contribution in [1.29, 1.82) is 0 Å². The SMILES string of the molecule is OCCC1=CCc2cc(-c3cn4ccnc4c(Nc4ccc(N5CCOCC5)cc4)n3)ccc21. The molecule has 0 amide bonds. The van der Waals surface area contributed by atoms with Gasteiger partial charge in [0.05, 0.1) is 18.9 Å². The monoisotopic (exact) mass is 453 g/mol. The molecule has 2 aliphatic rings. The van der Waals surface area contributed by atoms with Crippen LogP contribution in [0.2, 0.25) is 0 Å². The van der Waals surface area contributed by atoms with Crippen LogP contribution in [-0.2, 0) is 11.2 Å². The molecule has 4 aromatic rings. The lowest BCUT2D eigenvalue weighted by atomic mass is 10.00. The molecule has 0 bridgehead atoms. The fraction of sp³-hybridized carbons (Fsp3) is 0.259. The van der Waals surface area contributed by atoms with Crippen molar-refractivity contribution in [3.05, 3.63) is 78.3 Å². The van der Waals surface area contributed by atoms with Gasteiger partial charge < -0.3 is 24.5 Å². The Morgan fingerprint density at radius 3 is 2.74 bits per heavy atom. The third-order valence-corrected chi connectivity index (χ3v) is 6.58. The van der Waals surface area contributed by atoms with E-state index in [-0.39, 0.29) is 6.61 Å². The number of benzene rings is 2. The molecule has 3 heterocycles. The summed E-state index contributed by atoms with van der Waals surface area (Å²) in [5.74, 6) is 0.723. The quantitative estimate of drug-likeness (QED) is 0.454. The molecule has 2 aromatic heterocycles. The van der Waals surface area contributed by atoms with E-state index in [2.05, 4.69) is 63.7 Å². The number of nitrogens with zero attached hydrogens (tertiary/aromatic N) is 4. The van der Waals surface area contributed by atoms with Gasteiger partial charge in [0.2, 0.25) is 0 Å². The molecule has 34 heavy (non-hydrogen) atoms. The lowest BCUT2D eigenvalue weighted by molar-refractivity contribution is 0.122. The van der Waals surface area contributed by atoms with E-state index in [1.54, 1.807) is 6.20 Å². The summed E-state index contributed by atoms with van der Waals surface area (Å²) in [5, 5.41) is 12.8. The van der Waals surface area contributed by atoms with E-state index in [4.69, 9.17) is 9.72 Å². The summed E-state index contributed by atoms with van der Waals surface area (Å²) >= 11 is 0. The lowest BCUT2D eigenvalue weighted by Gasteiger charge is -2.28. The van der Waals surface area contributed by atoms with Gasteiger partial charge in [0.1, 0.15) is 0 Å². The molecule has 6 rings (SSSR count). The van der Waals surface area contributed by atoms with Crippen LogP contribution in [0, 0.1) is 0 Å². The maximum Gasteiger partial charge on any atom is 0.180 e. The highest BCUT2D eigenvalue weighted by Crippen LogP contribution is 2.33. The Bertz CT molecular complexity index is 1350. The first-order valence-corrected chi connectivity index (χ1v) is 11.8. The van der Waals surface area contributed by atoms with Gasteiger partial charge in [-0.25, -0.2) is 9.97 Å². The Morgan fingerprint density at radius 1 is 1.06 bits per heavy atom. The number of fused-ring (bicyclic) bond motifs is 2. The fourth-order valence-corrected chi connectivity index (χ4v) is 4.80. The highest BCUT2D eigenvalue weighted by molar-refractivity contribution is 5.78. The van der Waals surface area contributed by atoms with Gasteiger partial charge in [0.25, 0.3) is 0 Å². The van der Waals surface area contributed by atoms with E-state index >= 15 is 0 Å². The average molecular weight is 454 g/mol. The van der Waals surface area contributed by atoms with Crippen molar-refractivity contribution >= 4 is 28.4 Å². The second-order valence-corrected chi connectivity index (χ2v) is 8.68. The number of anilines is 3. The number of morpholine rings is 1. The van der Waals surface area contributed by atoms with E-state index < -0.39 is 0 Å². The number of allylic oxidation sites excluding steroid dienone is 1. The van der Waals surface area contributed by atoms with Gasteiger partial charge >= 0.3 is 0 Å². The number of ether oxygens (including phenoxy) is 1. The van der Waals surface area contributed by atoms with Gasteiger partial charge in [-0.3, -0.25) is 0 Å². The molecule has 0 atom stereocenters. The fourth-order valence-electron chi connectivity index (χ4n) is 4.80. The Hall–Kier alpha value is -3.68. The van der Waals surface area contributed by atoms with Gasteiger partial charge in [0, 0.05) is 55.2 Å². The predicted molar refractivity (Wildman–Crippen MR) is 135 cm³/mol. The van der Waals surface area contributed by atoms with Crippen LogP contribution in [0.3, 0.4) is 0 Å². The Balaban J connectivity index is 1.29. The van der Waals surface area contributed by atoms with Gasteiger partial charge in [-0.2, -0.15) is 0 Å². The van der Waals surface area contributed by atoms with Gasteiger partial charge in [0.15, 0.2) is 11.5 Å². The molecule has 1 fully saturated rings. The number of aromatic nitrogens is 3. The minimum absolute atomic E-state index is 0.175. The molecule has 0 spiro atoms. The van der Waals surface area contributed by atoms with Gasteiger partial charge in [-0.15, -0.1) is 0 Å². The van der Waals surface area contributed by atoms with Crippen LogP contribution in [0.1, 0.15) is 17.5 Å². The molecule has 0 radical (unpaired) electrons. The molecule has 7 nitrogen and oxygen atoms in total. The zero-order chi connectivity index (χ0) is 22.9. The van der Waals surface area contributed by atoms with Crippen molar-refractivity contribution < 1.29 is 9.84 Å². The number of aliphatic hydroxyl groups is 1. The minimum atomic E-state index is 0.175. The van der Waals surface area contributed by atoms with E-state index in [0.717, 1.165) is 61.1 Å². The number of imidazole rings is 1. The largest absolute Gasteiger partial charge is 0.396 e. The summed E-state index contributed by atoms with van der Waals surface area (Å²) in [6.07, 6.45) is 9.57. The Morgan fingerprint density at radius 2 is 1.91 bits per heavy atom. The first-order chi connectivity index (χ1) is 16.8. The smallest absolute Gasteiger partial charge is 0.180 e. The van der Waals surface area contributed by atoms with E-state index in [1.165, 1.54) is 22.4 Å². The maximum absolute atomic E-state index is 9.32. The molecule has 7 heteroatoms. The predicted octanol–water partition coefficient (Wildman–Crippen LogP) is 4.30. The summed E-state index contributed by atoms with van der Waals surface area (Å²) in [6.45, 7) is 3.56. The van der Waals surface area contributed by atoms with Crippen LogP contribution >= 0.6 is 0 Å². The van der Waals surface area contributed by atoms with Crippen LogP contribution in [0.5, 0.6) is 0 Å². The molecule has 2 N–H and O–H groups in total. The van der Waals surface area contributed by atoms with Crippen molar-refractivity contribution in [1.82, 2.24) is 14.4 Å². The average Bonchev–Trinajstić information content (AvgIpc) is 3.52. The minimum Gasteiger partial charge on any atom is -0.396 e. The first-order valence-electron chi connectivity index (χ1n) is 11.8. The first kappa shape index (κ1) is 20.9. The molecule has 2 aromatic carbocycles. The second kappa shape index (κ2) is 8.93. The molecule has 0 unspecified atom stereocenters. The maximum atomic E-state index is 9.32. The van der Waals surface area contributed by atoms with E-state index in [9.17, 15) is 5.11 Å². The summed E-state index contributed by atoms with van der Waals surface area (Å²) in [6, 6.07) is 14.9. The summed E-state index contributed by atoms with van der Waals surface area (Å²) in [4.78, 5) is 11.8. The third kappa shape index (κ3) is 3.93. The molecule has 1 aliphatic carbocycles. The van der Waals surface area contributed by atoms with Crippen LogP contribution in [0.25, 0.3) is 22.5 Å². The van der Waals surface area contributed by atoms with Gasteiger partial charge in [-0.1, -0.05) is 18.2 Å². The van der Waals surface area contributed by atoms with Crippen molar-refractivity contribution in [3.63, 3.8) is 0 Å². The number of rotatable bonds is 6. The van der Waals surface area contributed by atoms with Crippen molar-refractivity contribution in [2.45, 2.75) is 12.8 Å². The lowest BCUT2D eigenvalue weighted by Crippen LogP contribution is -2.36. The zero-order valence-electron chi connectivity index (χ0n) is 18.9.